The average molecular weight is 365 g/mol. The van der Waals surface area contributed by atoms with Gasteiger partial charge in [-0.25, -0.2) is 0 Å². The highest BCUT2D eigenvalue weighted by atomic mass is 79.9. The van der Waals surface area contributed by atoms with Gasteiger partial charge in [-0.2, -0.15) is 0 Å². The molecule has 1 rings (SSSR count). The summed E-state index contributed by atoms with van der Waals surface area (Å²) in [4.78, 5) is 11.0. The zero-order chi connectivity index (χ0) is 13.0. The lowest BCUT2D eigenvalue weighted by Crippen LogP contribution is -2.40. The summed E-state index contributed by atoms with van der Waals surface area (Å²) in [7, 11) is 0. The van der Waals surface area contributed by atoms with Crippen molar-refractivity contribution in [3.8, 4) is 0 Å². The Morgan fingerprint density at radius 3 is 2.24 bits per heavy atom. The highest BCUT2D eigenvalue weighted by Gasteiger charge is 2.20. The van der Waals surface area contributed by atoms with Gasteiger partial charge in [0.15, 0.2) is 0 Å². The fourth-order valence-corrected chi connectivity index (χ4v) is 2.94. The van der Waals surface area contributed by atoms with Crippen LogP contribution in [0.2, 0.25) is 0 Å². The molecule has 0 saturated heterocycles. The van der Waals surface area contributed by atoms with Gasteiger partial charge in [0.1, 0.15) is 6.04 Å². The molecule has 0 fully saturated rings. The van der Waals surface area contributed by atoms with Crippen molar-refractivity contribution in [2.24, 2.45) is 5.92 Å². The molecule has 0 aliphatic rings. The molecule has 0 saturated carbocycles. The first kappa shape index (κ1) is 14.7. The monoisotopic (exact) mass is 363 g/mol. The Hall–Kier alpha value is -0.390. The predicted molar refractivity (Wildman–Crippen MR) is 74.9 cm³/mol. The molecule has 0 bridgehead atoms. The van der Waals surface area contributed by atoms with Crippen molar-refractivity contribution >= 4 is 37.8 Å². The van der Waals surface area contributed by atoms with Gasteiger partial charge in [0.05, 0.1) is 0 Å². The first-order valence-corrected chi connectivity index (χ1v) is 6.90. The van der Waals surface area contributed by atoms with Crippen LogP contribution in [0.5, 0.6) is 0 Å². The molecule has 2 N–H and O–H groups in total. The fourth-order valence-electron chi connectivity index (χ4n) is 1.55. The number of nitrogens with one attached hydrogen (secondary N) is 1. The maximum Gasteiger partial charge on any atom is 0.320 e. The summed E-state index contributed by atoms with van der Waals surface area (Å²) in [5, 5.41) is 12.1. The van der Waals surface area contributed by atoms with Crippen LogP contribution in [0.25, 0.3) is 0 Å². The van der Waals surface area contributed by atoms with E-state index in [1.807, 2.05) is 32.0 Å². The summed E-state index contributed by atoms with van der Waals surface area (Å²) < 4.78 is 1.94. The summed E-state index contributed by atoms with van der Waals surface area (Å²) >= 11 is 6.81. The van der Waals surface area contributed by atoms with E-state index in [0.717, 1.165) is 14.5 Å². The third-order valence-corrected chi connectivity index (χ3v) is 3.30. The van der Waals surface area contributed by atoms with Gasteiger partial charge in [0, 0.05) is 15.5 Å². The van der Waals surface area contributed by atoms with Crippen LogP contribution in [0.3, 0.4) is 0 Å². The molecule has 0 heterocycles. The SMILES string of the molecule is CC(C)[C@@H](NCc1cc(Br)cc(Br)c1)C(=O)O. The van der Waals surface area contributed by atoms with E-state index in [0.29, 0.717) is 6.54 Å². The van der Waals surface area contributed by atoms with Crippen LogP contribution in [0.4, 0.5) is 0 Å². The van der Waals surface area contributed by atoms with Crippen LogP contribution < -0.4 is 5.32 Å². The van der Waals surface area contributed by atoms with Crippen LogP contribution >= 0.6 is 31.9 Å². The van der Waals surface area contributed by atoms with Gasteiger partial charge in [0.25, 0.3) is 0 Å². The van der Waals surface area contributed by atoms with E-state index >= 15 is 0 Å². The van der Waals surface area contributed by atoms with E-state index < -0.39 is 12.0 Å². The maximum atomic E-state index is 11.0. The number of rotatable bonds is 5. The minimum Gasteiger partial charge on any atom is -0.480 e. The van der Waals surface area contributed by atoms with Crippen LogP contribution in [-0.4, -0.2) is 17.1 Å². The fraction of sp³-hybridized carbons (Fsp3) is 0.417. The standard InChI is InChI=1S/C12H15Br2NO2/c1-7(2)11(12(16)17)15-6-8-3-9(13)5-10(14)4-8/h3-5,7,11,15H,6H2,1-2H3,(H,16,17)/t11-/m1/s1. The largest absolute Gasteiger partial charge is 0.480 e. The summed E-state index contributed by atoms with van der Waals surface area (Å²) in [5.74, 6) is -0.753. The Labute approximate surface area is 118 Å². The second-order valence-corrected chi connectivity index (χ2v) is 6.05. The van der Waals surface area contributed by atoms with Crippen molar-refractivity contribution < 1.29 is 9.90 Å². The topological polar surface area (TPSA) is 49.3 Å². The molecule has 0 aromatic heterocycles. The summed E-state index contributed by atoms with van der Waals surface area (Å²) in [6, 6.07) is 5.36. The molecular weight excluding hydrogens is 350 g/mol. The number of carbonyl (C=O) groups is 1. The van der Waals surface area contributed by atoms with E-state index in [1.54, 1.807) is 0 Å². The molecule has 94 valence electrons. The molecule has 0 unspecified atom stereocenters. The Morgan fingerprint density at radius 2 is 1.82 bits per heavy atom. The molecule has 1 aromatic rings. The lowest BCUT2D eigenvalue weighted by Gasteiger charge is -2.18. The highest BCUT2D eigenvalue weighted by molar-refractivity contribution is 9.11. The Morgan fingerprint density at radius 1 is 1.29 bits per heavy atom. The molecule has 0 aliphatic heterocycles. The van der Waals surface area contributed by atoms with Gasteiger partial charge >= 0.3 is 5.97 Å². The van der Waals surface area contributed by atoms with Crippen LogP contribution in [-0.2, 0) is 11.3 Å². The minimum atomic E-state index is -0.811. The number of benzene rings is 1. The van der Waals surface area contributed by atoms with E-state index in [2.05, 4.69) is 37.2 Å². The van der Waals surface area contributed by atoms with E-state index in [1.165, 1.54) is 0 Å². The van der Waals surface area contributed by atoms with Crippen molar-refractivity contribution in [2.45, 2.75) is 26.4 Å². The van der Waals surface area contributed by atoms with Crippen LogP contribution in [0.15, 0.2) is 27.1 Å². The number of carboxylic acids is 1. The molecule has 5 heteroatoms. The highest BCUT2D eigenvalue weighted by Crippen LogP contribution is 2.20. The molecule has 1 aromatic carbocycles. The normalized spacial score (nSPS) is 12.8. The van der Waals surface area contributed by atoms with Crippen molar-refractivity contribution in [1.82, 2.24) is 5.32 Å². The lowest BCUT2D eigenvalue weighted by atomic mass is 10.0. The molecular formula is C12H15Br2NO2. The Balaban J connectivity index is 2.68. The predicted octanol–water partition coefficient (Wildman–Crippen LogP) is 3.41. The second-order valence-electron chi connectivity index (χ2n) is 4.22. The van der Waals surface area contributed by atoms with Gasteiger partial charge in [-0.15, -0.1) is 0 Å². The Bertz CT molecular complexity index is 387. The van der Waals surface area contributed by atoms with Gasteiger partial charge in [-0.05, 0) is 29.7 Å². The van der Waals surface area contributed by atoms with E-state index in [9.17, 15) is 4.79 Å². The van der Waals surface area contributed by atoms with E-state index in [4.69, 9.17) is 5.11 Å². The lowest BCUT2D eigenvalue weighted by molar-refractivity contribution is -0.140. The number of hydrogen-bond donors (Lipinski definition) is 2. The zero-order valence-electron chi connectivity index (χ0n) is 9.71. The molecule has 17 heavy (non-hydrogen) atoms. The van der Waals surface area contributed by atoms with Gasteiger partial charge in [-0.1, -0.05) is 45.7 Å². The first-order chi connectivity index (χ1) is 7.90. The summed E-state index contributed by atoms with van der Waals surface area (Å²) in [6.07, 6.45) is 0. The van der Waals surface area contributed by atoms with Crippen molar-refractivity contribution in [3.05, 3.63) is 32.7 Å². The van der Waals surface area contributed by atoms with Crippen molar-refractivity contribution in [3.63, 3.8) is 0 Å². The number of hydrogen-bond acceptors (Lipinski definition) is 2. The third kappa shape index (κ3) is 4.77. The molecule has 3 nitrogen and oxygen atoms in total. The maximum absolute atomic E-state index is 11.0. The number of aliphatic carboxylic acids is 1. The van der Waals surface area contributed by atoms with Gasteiger partial charge in [0.2, 0.25) is 0 Å². The first-order valence-electron chi connectivity index (χ1n) is 5.31. The third-order valence-electron chi connectivity index (χ3n) is 2.38. The number of halogens is 2. The van der Waals surface area contributed by atoms with E-state index in [-0.39, 0.29) is 5.92 Å². The molecule has 0 spiro atoms. The summed E-state index contributed by atoms with van der Waals surface area (Å²) in [5.41, 5.74) is 1.04. The summed E-state index contributed by atoms with van der Waals surface area (Å²) in [6.45, 7) is 4.32. The van der Waals surface area contributed by atoms with Crippen LogP contribution in [0, 0.1) is 5.92 Å². The average Bonchev–Trinajstić information content (AvgIpc) is 2.14. The number of carboxylic acid groups (broad SMARTS) is 1. The smallest absolute Gasteiger partial charge is 0.320 e. The molecule has 0 radical (unpaired) electrons. The van der Waals surface area contributed by atoms with Crippen molar-refractivity contribution in [1.29, 1.82) is 0 Å². The molecule has 0 aliphatic carbocycles. The zero-order valence-corrected chi connectivity index (χ0v) is 12.9. The minimum absolute atomic E-state index is 0.0584. The Kier molecular flexibility index (Phi) is 5.62. The van der Waals surface area contributed by atoms with Crippen molar-refractivity contribution in [2.75, 3.05) is 0 Å². The van der Waals surface area contributed by atoms with Gasteiger partial charge in [-0.3, -0.25) is 4.79 Å². The van der Waals surface area contributed by atoms with Gasteiger partial charge < -0.3 is 10.4 Å². The molecule has 0 amide bonds. The molecule has 1 atom stereocenters. The van der Waals surface area contributed by atoms with Crippen LogP contribution in [0.1, 0.15) is 19.4 Å². The second kappa shape index (κ2) is 6.52. The quantitative estimate of drug-likeness (QED) is 0.841.